The molecule has 1 unspecified atom stereocenters. The van der Waals surface area contributed by atoms with Crippen molar-refractivity contribution in [1.82, 2.24) is 28.7 Å². The molecular weight excluding hydrogens is 520 g/mol. The largest absolute Gasteiger partial charge is 0.353 e. The number of rotatable bonds is 9. The fourth-order valence-corrected chi connectivity index (χ4v) is 5.15. The Morgan fingerprint density at radius 2 is 1.92 bits per heavy atom. The number of imidazole rings is 1. The number of hydrogen-bond acceptors (Lipinski definition) is 7. The summed E-state index contributed by atoms with van der Waals surface area (Å²) in [5, 5.41) is 0.268. The van der Waals surface area contributed by atoms with Gasteiger partial charge in [-0.2, -0.15) is 0 Å². The number of nitrogens with zero attached hydrogens (tertiary/aromatic N) is 6. The van der Waals surface area contributed by atoms with Crippen molar-refractivity contribution in [3.05, 3.63) is 73.8 Å². The molecular formula is C28H33ClN6O4. The zero-order chi connectivity index (χ0) is 27.5. The average molecular weight is 553 g/mol. The zero-order valence-electron chi connectivity index (χ0n) is 22.5. The molecule has 0 bridgehead atoms. The Bertz CT molecular complexity index is 1570. The molecule has 3 aromatic heterocycles. The van der Waals surface area contributed by atoms with Gasteiger partial charge in [-0.15, -0.1) is 0 Å². The van der Waals surface area contributed by atoms with Gasteiger partial charge in [0.1, 0.15) is 10.8 Å². The van der Waals surface area contributed by atoms with Crippen LogP contribution >= 0.6 is 11.6 Å². The predicted molar refractivity (Wildman–Crippen MR) is 149 cm³/mol. The summed E-state index contributed by atoms with van der Waals surface area (Å²) in [4.78, 5) is 41.3. The van der Waals surface area contributed by atoms with Crippen LogP contribution in [0.3, 0.4) is 0 Å². The molecule has 1 aliphatic heterocycles. The maximum atomic E-state index is 14.0. The molecule has 206 valence electrons. The van der Waals surface area contributed by atoms with Crippen LogP contribution in [-0.2, 0) is 22.6 Å². The number of halogens is 1. The first kappa shape index (κ1) is 27.2. The molecule has 0 N–H and O–H groups in total. The van der Waals surface area contributed by atoms with Gasteiger partial charge in [-0.3, -0.25) is 13.9 Å². The number of ether oxygens (including phenoxy) is 2. The monoisotopic (exact) mass is 552 g/mol. The van der Waals surface area contributed by atoms with E-state index in [1.165, 1.54) is 10.8 Å². The number of fused-ring (bicyclic) bond motifs is 1. The molecule has 0 spiro atoms. The summed E-state index contributed by atoms with van der Waals surface area (Å²) >= 11 is 6.08. The Kier molecular flexibility index (Phi) is 8.25. The van der Waals surface area contributed by atoms with Crippen molar-refractivity contribution in [2.45, 2.75) is 71.9 Å². The van der Waals surface area contributed by atoms with Crippen LogP contribution in [0.5, 0.6) is 0 Å². The van der Waals surface area contributed by atoms with Gasteiger partial charge in [0, 0.05) is 25.7 Å². The molecule has 5 rings (SSSR count). The van der Waals surface area contributed by atoms with E-state index in [0.717, 1.165) is 24.8 Å². The van der Waals surface area contributed by atoms with Gasteiger partial charge in [0.25, 0.3) is 5.56 Å². The molecule has 0 amide bonds. The van der Waals surface area contributed by atoms with E-state index in [0.29, 0.717) is 54.6 Å². The maximum absolute atomic E-state index is 14.0. The van der Waals surface area contributed by atoms with E-state index in [9.17, 15) is 9.59 Å². The van der Waals surface area contributed by atoms with Gasteiger partial charge < -0.3 is 14.0 Å². The van der Waals surface area contributed by atoms with E-state index in [1.807, 2.05) is 48.7 Å². The van der Waals surface area contributed by atoms with Crippen molar-refractivity contribution >= 4 is 22.8 Å². The third-order valence-electron chi connectivity index (χ3n) is 6.86. The van der Waals surface area contributed by atoms with Crippen molar-refractivity contribution in [3.8, 4) is 11.5 Å². The predicted octanol–water partition coefficient (Wildman–Crippen LogP) is 4.34. The smallest absolute Gasteiger partial charge is 0.332 e. The second-order valence-corrected chi connectivity index (χ2v) is 10.4. The van der Waals surface area contributed by atoms with Crippen molar-refractivity contribution in [2.24, 2.45) is 0 Å². The van der Waals surface area contributed by atoms with Crippen LogP contribution in [0.25, 0.3) is 22.7 Å². The highest BCUT2D eigenvalue weighted by atomic mass is 35.5. The third kappa shape index (κ3) is 5.68. The van der Waals surface area contributed by atoms with Gasteiger partial charge in [-0.05, 0) is 52.0 Å². The van der Waals surface area contributed by atoms with E-state index in [4.69, 9.17) is 26.1 Å². The van der Waals surface area contributed by atoms with Crippen LogP contribution in [0.4, 0.5) is 0 Å². The van der Waals surface area contributed by atoms with Crippen LogP contribution in [0.1, 0.15) is 56.8 Å². The van der Waals surface area contributed by atoms with Crippen molar-refractivity contribution in [2.75, 3.05) is 13.2 Å². The molecule has 1 atom stereocenters. The van der Waals surface area contributed by atoms with Gasteiger partial charge in [0.2, 0.25) is 0 Å². The number of aromatic nitrogens is 6. The summed E-state index contributed by atoms with van der Waals surface area (Å²) in [7, 11) is 0. The summed E-state index contributed by atoms with van der Waals surface area (Å²) in [6.45, 7) is 7.29. The second-order valence-electron chi connectivity index (χ2n) is 10.0. The molecule has 11 heteroatoms. The fourth-order valence-electron chi connectivity index (χ4n) is 4.97. The standard InChI is InChI=1S/C28H33ClN6O4/c1-18(2)35-26-24(27(36)33(28(35)37)13-9-15-39-22-12-7-8-14-38-22)34(17-20-10-5-4-6-11-20)25(32-26)23-19(3)31-21(29)16-30-23/h4-6,10-11,16,18,22H,7-9,12-15,17H2,1-3H3. The van der Waals surface area contributed by atoms with Crippen LogP contribution in [-0.4, -0.2) is 48.2 Å². The molecule has 1 fully saturated rings. The molecule has 1 aromatic carbocycles. The van der Waals surface area contributed by atoms with Crippen molar-refractivity contribution < 1.29 is 9.47 Å². The summed E-state index contributed by atoms with van der Waals surface area (Å²) in [5.74, 6) is 0.456. The summed E-state index contributed by atoms with van der Waals surface area (Å²) < 4.78 is 16.2. The highest BCUT2D eigenvalue weighted by Crippen LogP contribution is 2.26. The first-order chi connectivity index (χ1) is 18.8. The average Bonchev–Trinajstić information content (AvgIpc) is 3.27. The van der Waals surface area contributed by atoms with Crippen molar-refractivity contribution in [3.63, 3.8) is 0 Å². The first-order valence-electron chi connectivity index (χ1n) is 13.4. The Hall–Kier alpha value is -3.34. The summed E-state index contributed by atoms with van der Waals surface area (Å²) in [6.07, 6.45) is 4.72. The summed E-state index contributed by atoms with van der Waals surface area (Å²) in [5.41, 5.74) is 1.93. The molecule has 4 heterocycles. The lowest BCUT2D eigenvalue weighted by Crippen LogP contribution is -2.41. The van der Waals surface area contributed by atoms with Crippen LogP contribution in [0, 0.1) is 6.92 Å². The molecule has 0 aliphatic carbocycles. The van der Waals surface area contributed by atoms with E-state index < -0.39 is 11.2 Å². The Balaban J connectivity index is 1.62. The maximum Gasteiger partial charge on any atom is 0.332 e. The lowest BCUT2D eigenvalue weighted by atomic mass is 10.2. The second kappa shape index (κ2) is 11.8. The molecule has 0 saturated carbocycles. The zero-order valence-corrected chi connectivity index (χ0v) is 23.2. The molecule has 0 radical (unpaired) electrons. The van der Waals surface area contributed by atoms with E-state index in [1.54, 1.807) is 11.5 Å². The van der Waals surface area contributed by atoms with Gasteiger partial charge in [0.15, 0.2) is 23.3 Å². The number of aryl methyl sites for hydroxylation is 1. The molecule has 39 heavy (non-hydrogen) atoms. The van der Waals surface area contributed by atoms with Crippen LogP contribution < -0.4 is 11.2 Å². The van der Waals surface area contributed by atoms with Crippen molar-refractivity contribution in [1.29, 1.82) is 0 Å². The molecule has 1 aliphatic rings. The van der Waals surface area contributed by atoms with Gasteiger partial charge >= 0.3 is 5.69 Å². The Morgan fingerprint density at radius 3 is 2.62 bits per heavy atom. The minimum atomic E-state index is -0.397. The fraction of sp³-hybridized carbons (Fsp3) is 0.464. The Morgan fingerprint density at radius 1 is 1.13 bits per heavy atom. The van der Waals surface area contributed by atoms with Gasteiger partial charge in [0.05, 0.1) is 18.5 Å². The molecule has 1 saturated heterocycles. The van der Waals surface area contributed by atoms with Crippen LogP contribution in [0.2, 0.25) is 5.15 Å². The normalized spacial score (nSPS) is 15.9. The molecule has 4 aromatic rings. The SMILES string of the molecule is Cc1nc(Cl)cnc1-c1nc2c(c(=O)n(CCCOC3CCCCO3)c(=O)n2C(C)C)n1Cc1ccccc1. The van der Waals surface area contributed by atoms with E-state index in [-0.39, 0.29) is 24.0 Å². The summed E-state index contributed by atoms with van der Waals surface area (Å²) in [6, 6.07) is 9.56. The number of hydrogen-bond donors (Lipinski definition) is 0. The number of benzene rings is 1. The lowest BCUT2D eigenvalue weighted by molar-refractivity contribution is -0.163. The van der Waals surface area contributed by atoms with Gasteiger partial charge in [-0.1, -0.05) is 41.9 Å². The minimum absolute atomic E-state index is 0.219. The first-order valence-corrected chi connectivity index (χ1v) is 13.7. The van der Waals surface area contributed by atoms with Crippen LogP contribution in [0.15, 0.2) is 46.1 Å². The van der Waals surface area contributed by atoms with Gasteiger partial charge in [-0.25, -0.2) is 19.7 Å². The minimum Gasteiger partial charge on any atom is -0.353 e. The lowest BCUT2D eigenvalue weighted by Gasteiger charge is -2.22. The van der Waals surface area contributed by atoms with E-state index >= 15 is 0 Å². The third-order valence-corrected chi connectivity index (χ3v) is 7.04. The van der Waals surface area contributed by atoms with E-state index in [2.05, 4.69) is 9.97 Å². The topological polar surface area (TPSA) is 106 Å². The molecule has 10 nitrogen and oxygen atoms in total. The highest BCUT2D eigenvalue weighted by molar-refractivity contribution is 6.29. The Labute approximate surface area is 231 Å². The highest BCUT2D eigenvalue weighted by Gasteiger charge is 2.25. The quantitative estimate of drug-likeness (QED) is 0.284.